The highest BCUT2D eigenvalue weighted by atomic mass is 16.5. The van der Waals surface area contributed by atoms with Crippen molar-refractivity contribution >= 4 is 0 Å². The molecule has 0 radical (unpaired) electrons. The van der Waals surface area contributed by atoms with Crippen LogP contribution in [0.4, 0.5) is 0 Å². The zero-order valence-electron chi connectivity index (χ0n) is 9.87. The summed E-state index contributed by atoms with van der Waals surface area (Å²) in [5.41, 5.74) is 0. The van der Waals surface area contributed by atoms with Crippen molar-refractivity contribution in [2.75, 3.05) is 39.9 Å². The fourth-order valence-electron chi connectivity index (χ4n) is 2.88. The van der Waals surface area contributed by atoms with E-state index in [9.17, 15) is 0 Å². The monoisotopic (exact) mass is 212 g/mol. The van der Waals surface area contributed by atoms with Crippen LogP contribution in [0.25, 0.3) is 0 Å². The Morgan fingerprint density at radius 3 is 2.87 bits per heavy atom. The van der Waals surface area contributed by atoms with Gasteiger partial charge in [-0.3, -0.25) is 4.90 Å². The van der Waals surface area contributed by atoms with Crippen molar-refractivity contribution in [2.45, 2.75) is 31.7 Å². The molecule has 0 spiro atoms. The molecule has 0 bridgehead atoms. The van der Waals surface area contributed by atoms with Gasteiger partial charge in [-0.15, -0.1) is 0 Å². The number of likely N-dealkylation sites (N-methyl/N-ethyl adjacent to an activating group) is 1. The Hall–Kier alpha value is -0.120. The Bertz CT molecular complexity index is 178. The lowest BCUT2D eigenvalue weighted by atomic mass is 10.1. The number of hydrogen-bond donors (Lipinski definition) is 1. The van der Waals surface area contributed by atoms with Crippen molar-refractivity contribution in [3.63, 3.8) is 0 Å². The summed E-state index contributed by atoms with van der Waals surface area (Å²) in [4.78, 5) is 2.63. The van der Waals surface area contributed by atoms with Gasteiger partial charge in [-0.1, -0.05) is 12.8 Å². The third-order valence-electron chi connectivity index (χ3n) is 3.76. The minimum Gasteiger partial charge on any atom is -0.378 e. The van der Waals surface area contributed by atoms with Gasteiger partial charge in [0.2, 0.25) is 0 Å². The average molecular weight is 212 g/mol. The maximum atomic E-state index is 5.55. The summed E-state index contributed by atoms with van der Waals surface area (Å²) in [5.74, 6) is 0.961. The van der Waals surface area contributed by atoms with Crippen LogP contribution in [0.5, 0.6) is 0 Å². The second-order valence-corrected chi connectivity index (χ2v) is 4.93. The Morgan fingerprint density at radius 2 is 2.13 bits per heavy atom. The van der Waals surface area contributed by atoms with Crippen LogP contribution in [-0.2, 0) is 4.74 Å². The highest BCUT2D eigenvalue weighted by Gasteiger charge is 2.26. The lowest BCUT2D eigenvalue weighted by Gasteiger charge is -2.37. The molecule has 1 saturated carbocycles. The van der Waals surface area contributed by atoms with E-state index in [0.717, 1.165) is 32.2 Å². The van der Waals surface area contributed by atoms with Gasteiger partial charge in [0.15, 0.2) is 0 Å². The molecule has 0 amide bonds. The summed E-state index contributed by atoms with van der Waals surface area (Å²) >= 11 is 0. The van der Waals surface area contributed by atoms with E-state index >= 15 is 0 Å². The molecule has 88 valence electrons. The molecule has 0 aromatic heterocycles. The molecular weight excluding hydrogens is 188 g/mol. The van der Waals surface area contributed by atoms with E-state index in [1.54, 1.807) is 0 Å². The van der Waals surface area contributed by atoms with Gasteiger partial charge < -0.3 is 10.1 Å². The molecule has 0 aromatic carbocycles. The molecular formula is C12H24N2O. The third kappa shape index (κ3) is 3.16. The molecule has 1 saturated heterocycles. The molecule has 3 nitrogen and oxygen atoms in total. The van der Waals surface area contributed by atoms with Crippen LogP contribution in [0.3, 0.4) is 0 Å². The van der Waals surface area contributed by atoms with Crippen molar-refractivity contribution in [3.8, 4) is 0 Å². The van der Waals surface area contributed by atoms with Crippen LogP contribution in [0.1, 0.15) is 25.7 Å². The number of morpholine rings is 1. The third-order valence-corrected chi connectivity index (χ3v) is 3.76. The Morgan fingerprint density at radius 1 is 1.33 bits per heavy atom. The summed E-state index contributed by atoms with van der Waals surface area (Å²) < 4.78 is 5.55. The highest BCUT2D eigenvalue weighted by molar-refractivity contribution is 4.80. The van der Waals surface area contributed by atoms with E-state index in [4.69, 9.17) is 4.74 Å². The fraction of sp³-hybridized carbons (Fsp3) is 1.00. The van der Waals surface area contributed by atoms with Gasteiger partial charge in [-0.2, -0.15) is 0 Å². The summed E-state index contributed by atoms with van der Waals surface area (Å²) in [6.07, 6.45) is 5.80. The summed E-state index contributed by atoms with van der Waals surface area (Å²) in [6.45, 7) is 5.33. The fourth-order valence-corrected chi connectivity index (χ4v) is 2.88. The SMILES string of the molecule is CNCC1COCCN1CC1CCCC1. The Labute approximate surface area is 93.2 Å². The van der Waals surface area contributed by atoms with E-state index in [2.05, 4.69) is 10.2 Å². The van der Waals surface area contributed by atoms with Crippen molar-refractivity contribution in [3.05, 3.63) is 0 Å². The molecule has 15 heavy (non-hydrogen) atoms. The number of nitrogens with zero attached hydrogens (tertiary/aromatic N) is 1. The number of hydrogen-bond acceptors (Lipinski definition) is 3. The van der Waals surface area contributed by atoms with Crippen LogP contribution < -0.4 is 5.32 Å². The van der Waals surface area contributed by atoms with E-state index in [1.165, 1.54) is 32.2 Å². The molecule has 0 aromatic rings. The summed E-state index contributed by atoms with van der Waals surface area (Å²) in [7, 11) is 2.03. The van der Waals surface area contributed by atoms with Gasteiger partial charge in [0.25, 0.3) is 0 Å². The molecule has 1 aliphatic heterocycles. The van der Waals surface area contributed by atoms with Gasteiger partial charge in [-0.25, -0.2) is 0 Å². The number of rotatable bonds is 4. The highest BCUT2D eigenvalue weighted by Crippen LogP contribution is 2.26. The van der Waals surface area contributed by atoms with Crippen LogP contribution in [0, 0.1) is 5.92 Å². The van der Waals surface area contributed by atoms with E-state index < -0.39 is 0 Å². The van der Waals surface area contributed by atoms with Gasteiger partial charge in [-0.05, 0) is 25.8 Å². The van der Waals surface area contributed by atoms with Gasteiger partial charge in [0, 0.05) is 25.7 Å². The molecule has 2 fully saturated rings. The van der Waals surface area contributed by atoms with Crippen LogP contribution in [0.2, 0.25) is 0 Å². The first kappa shape index (κ1) is 11.4. The maximum absolute atomic E-state index is 5.55. The number of nitrogens with one attached hydrogen (secondary N) is 1. The Kier molecular flexibility index (Phi) is 4.42. The van der Waals surface area contributed by atoms with Gasteiger partial charge >= 0.3 is 0 Å². The van der Waals surface area contributed by atoms with Crippen molar-refractivity contribution in [1.82, 2.24) is 10.2 Å². The Balaban J connectivity index is 1.80. The summed E-state index contributed by atoms with van der Waals surface area (Å²) in [5, 5.41) is 3.27. The van der Waals surface area contributed by atoms with Gasteiger partial charge in [0.1, 0.15) is 0 Å². The predicted molar refractivity (Wildman–Crippen MR) is 62.1 cm³/mol. The van der Waals surface area contributed by atoms with Gasteiger partial charge in [0.05, 0.1) is 13.2 Å². The molecule has 1 aliphatic carbocycles. The van der Waals surface area contributed by atoms with Crippen molar-refractivity contribution < 1.29 is 4.74 Å². The molecule has 3 heteroatoms. The first-order valence-electron chi connectivity index (χ1n) is 6.36. The topological polar surface area (TPSA) is 24.5 Å². The lowest BCUT2D eigenvalue weighted by Crippen LogP contribution is -2.51. The van der Waals surface area contributed by atoms with E-state index in [1.807, 2.05) is 7.05 Å². The molecule has 2 aliphatic rings. The van der Waals surface area contributed by atoms with Crippen LogP contribution >= 0.6 is 0 Å². The molecule has 2 rings (SSSR count). The second kappa shape index (κ2) is 5.83. The molecule has 1 atom stereocenters. The van der Waals surface area contributed by atoms with Crippen LogP contribution in [-0.4, -0.2) is 50.8 Å². The molecule has 1 unspecified atom stereocenters. The summed E-state index contributed by atoms with van der Waals surface area (Å²) in [6, 6.07) is 0.601. The normalized spacial score (nSPS) is 29.8. The standard InChI is InChI=1S/C12H24N2O/c1-13-8-12-10-15-7-6-14(12)9-11-4-2-3-5-11/h11-13H,2-10H2,1H3. The second-order valence-electron chi connectivity index (χ2n) is 4.93. The number of ether oxygens (including phenoxy) is 1. The van der Waals surface area contributed by atoms with E-state index in [-0.39, 0.29) is 0 Å². The van der Waals surface area contributed by atoms with E-state index in [0.29, 0.717) is 6.04 Å². The molecule has 1 N–H and O–H groups in total. The van der Waals surface area contributed by atoms with Crippen molar-refractivity contribution in [2.24, 2.45) is 5.92 Å². The first-order valence-corrected chi connectivity index (χ1v) is 6.36. The maximum Gasteiger partial charge on any atom is 0.0634 e. The zero-order valence-corrected chi connectivity index (χ0v) is 9.87. The molecule has 1 heterocycles. The largest absolute Gasteiger partial charge is 0.378 e. The first-order chi connectivity index (χ1) is 7.40. The quantitative estimate of drug-likeness (QED) is 0.755. The minimum absolute atomic E-state index is 0.601. The predicted octanol–water partition coefficient (Wildman–Crippen LogP) is 1.10. The average Bonchev–Trinajstić information content (AvgIpc) is 2.74. The lowest BCUT2D eigenvalue weighted by molar-refractivity contribution is -0.0126. The minimum atomic E-state index is 0.601. The van der Waals surface area contributed by atoms with Crippen LogP contribution in [0.15, 0.2) is 0 Å². The smallest absolute Gasteiger partial charge is 0.0634 e. The zero-order chi connectivity index (χ0) is 10.5. The van der Waals surface area contributed by atoms with Crippen molar-refractivity contribution in [1.29, 1.82) is 0 Å².